The van der Waals surface area contributed by atoms with Crippen molar-refractivity contribution in [2.24, 2.45) is 10.9 Å². The molecule has 0 saturated heterocycles. The standard InChI is InChI=1S/C14H24N4S.HI/c1-4-5-11-8-13(11)18-14(15-3)16-7-6-12-9-19-10(2)17-12;/h9,11,13H,4-8H2,1-3H3,(H2,15,16,18);1H. The predicted molar refractivity (Wildman–Crippen MR) is 97.3 cm³/mol. The highest BCUT2D eigenvalue weighted by atomic mass is 127. The zero-order valence-electron chi connectivity index (χ0n) is 12.5. The van der Waals surface area contributed by atoms with Crippen molar-refractivity contribution >= 4 is 41.3 Å². The predicted octanol–water partition coefficient (Wildman–Crippen LogP) is 2.97. The fourth-order valence-electron chi connectivity index (χ4n) is 2.32. The number of nitrogens with one attached hydrogen (secondary N) is 2. The third-order valence-electron chi connectivity index (χ3n) is 3.47. The van der Waals surface area contributed by atoms with Crippen LogP contribution in [0, 0.1) is 12.8 Å². The van der Waals surface area contributed by atoms with E-state index in [2.05, 4.69) is 32.9 Å². The van der Waals surface area contributed by atoms with Gasteiger partial charge in [0.15, 0.2) is 5.96 Å². The van der Waals surface area contributed by atoms with E-state index in [9.17, 15) is 0 Å². The quantitative estimate of drug-likeness (QED) is 0.432. The molecule has 2 N–H and O–H groups in total. The molecule has 1 saturated carbocycles. The van der Waals surface area contributed by atoms with E-state index in [4.69, 9.17) is 0 Å². The summed E-state index contributed by atoms with van der Waals surface area (Å²) in [5.41, 5.74) is 1.17. The van der Waals surface area contributed by atoms with Gasteiger partial charge in [0.1, 0.15) is 0 Å². The van der Waals surface area contributed by atoms with Crippen LogP contribution in [0.2, 0.25) is 0 Å². The Kier molecular flexibility index (Phi) is 7.79. The summed E-state index contributed by atoms with van der Waals surface area (Å²) in [5, 5.41) is 10.1. The lowest BCUT2D eigenvalue weighted by Gasteiger charge is -2.11. The summed E-state index contributed by atoms with van der Waals surface area (Å²) in [6, 6.07) is 0.632. The molecule has 0 radical (unpaired) electrons. The molecule has 2 unspecified atom stereocenters. The zero-order valence-corrected chi connectivity index (χ0v) is 15.6. The maximum atomic E-state index is 4.46. The van der Waals surface area contributed by atoms with Crippen LogP contribution in [0.3, 0.4) is 0 Å². The normalized spacial score (nSPS) is 21.2. The lowest BCUT2D eigenvalue weighted by molar-refractivity contribution is 0.655. The largest absolute Gasteiger partial charge is 0.356 e. The van der Waals surface area contributed by atoms with E-state index in [0.717, 1.165) is 29.9 Å². The third-order valence-corrected chi connectivity index (χ3v) is 4.29. The molecule has 114 valence electrons. The Bertz CT molecular complexity index is 433. The zero-order chi connectivity index (χ0) is 13.7. The second-order valence-corrected chi connectivity index (χ2v) is 6.20. The highest BCUT2D eigenvalue weighted by Crippen LogP contribution is 2.34. The summed E-state index contributed by atoms with van der Waals surface area (Å²) < 4.78 is 0. The molecular weight excluding hydrogens is 383 g/mol. The molecule has 0 aromatic carbocycles. The van der Waals surface area contributed by atoms with Crippen molar-refractivity contribution in [3.63, 3.8) is 0 Å². The first kappa shape index (κ1) is 17.7. The molecule has 0 spiro atoms. The summed E-state index contributed by atoms with van der Waals surface area (Å²) in [5.74, 6) is 1.78. The number of halogens is 1. The van der Waals surface area contributed by atoms with Crippen molar-refractivity contribution in [1.82, 2.24) is 15.6 Å². The molecule has 0 aliphatic heterocycles. The number of aromatic nitrogens is 1. The van der Waals surface area contributed by atoms with Crippen LogP contribution in [-0.2, 0) is 6.42 Å². The van der Waals surface area contributed by atoms with Gasteiger partial charge < -0.3 is 10.6 Å². The van der Waals surface area contributed by atoms with Gasteiger partial charge in [-0.2, -0.15) is 0 Å². The maximum Gasteiger partial charge on any atom is 0.191 e. The molecule has 2 atom stereocenters. The van der Waals surface area contributed by atoms with Gasteiger partial charge in [0.25, 0.3) is 0 Å². The number of aliphatic imine (C=N–C) groups is 1. The van der Waals surface area contributed by atoms with Crippen molar-refractivity contribution in [1.29, 1.82) is 0 Å². The average Bonchev–Trinajstić information content (AvgIpc) is 2.99. The molecular formula is C14H25IN4S. The minimum atomic E-state index is 0. The molecule has 20 heavy (non-hydrogen) atoms. The summed E-state index contributed by atoms with van der Waals surface area (Å²) in [6.45, 7) is 5.18. The van der Waals surface area contributed by atoms with Gasteiger partial charge in [0.05, 0.1) is 10.7 Å². The van der Waals surface area contributed by atoms with Crippen LogP contribution in [0.5, 0.6) is 0 Å². The van der Waals surface area contributed by atoms with E-state index in [1.807, 2.05) is 14.0 Å². The number of guanidine groups is 1. The Hall–Kier alpha value is -0.370. The van der Waals surface area contributed by atoms with Crippen LogP contribution in [0.1, 0.15) is 36.9 Å². The van der Waals surface area contributed by atoms with Crippen molar-refractivity contribution in [3.05, 3.63) is 16.1 Å². The monoisotopic (exact) mass is 408 g/mol. The molecule has 1 aliphatic rings. The van der Waals surface area contributed by atoms with E-state index < -0.39 is 0 Å². The molecule has 0 amide bonds. The number of rotatable bonds is 6. The number of hydrogen-bond acceptors (Lipinski definition) is 3. The highest BCUT2D eigenvalue weighted by molar-refractivity contribution is 14.0. The molecule has 0 bridgehead atoms. The van der Waals surface area contributed by atoms with E-state index in [0.29, 0.717) is 6.04 Å². The third kappa shape index (κ3) is 5.55. The average molecular weight is 408 g/mol. The molecule has 1 aromatic rings. The van der Waals surface area contributed by atoms with Crippen molar-refractivity contribution in [2.45, 2.75) is 45.6 Å². The van der Waals surface area contributed by atoms with Gasteiger partial charge in [-0.15, -0.1) is 35.3 Å². The van der Waals surface area contributed by atoms with Crippen LogP contribution < -0.4 is 10.6 Å². The fraction of sp³-hybridized carbons (Fsp3) is 0.714. The Morgan fingerprint density at radius 3 is 2.95 bits per heavy atom. The number of hydrogen-bond donors (Lipinski definition) is 2. The first-order valence-electron chi connectivity index (χ1n) is 7.11. The smallest absolute Gasteiger partial charge is 0.191 e. The molecule has 4 nitrogen and oxygen atoms in total. The van der Waals surface area contributed by atoms with E-state index in [1.165, 1.54) is 25.0 Å². The second kappa shape index (κ2) is 8.81. The lowest BCUT2D eigenvalue weighted by atomic mass is 10.2. The topological polar surface area (TPSA) is 49.3 Å². The molecule has 1 heterocycles. The number of aryl methyl sites for hydroxylation is 1. The van der Waals surface area contributed by atoms with Crippen molar-refractivity contribution in [2.75, 3.05) is 13.6 Å². The molecule has 6 heteroatoms. The Morgan fingerprint density at radius 1 is 1.55 bits per heavy atom. The maximum absolute atomic E-state index is 4.46. The Morgan fingerprint density at radius 2 is 2.35 bits per heavy atom. The summed E-state index contributed by atoms with van der Waals surface area (Å²) in [6.07, 6.45) is 4.85. The minimum Gasteiger partial charge on any atom is -0.356 e. The molecule has 1 fully saturated rings. The lowest BCUT2D eigenvalue weighted by Crippen LogP contribution is -2.40. The van der Waals surface area contributed by atoms with Gasteiger partial charge >= 0.3 is 0 Å². The molecule has 1 aromatic heterocycles. The van der Waals surface area contributed by atoms with Crippen LogP contribution in [-0.4, -0.2) is 30.6 Å². The SMILES string of the molecule is CCCC1CC1NC(=NC)NCCc1csc(C)n1.I. The van der Waals surface area contributed by atoms with E-state index >= 15 is 0 Å². The van der Waals surface area contributed by atoms with Gasteiger partial charge in [-0.25, -0.2) is 4.98 Å². The van der Waals surface area contributed by atoms with Gasteiger partial charge in [-0.3, -0.25) is 4.99 Å². The van der Waals surface area contributed by atoms with Crippen molar-refractivity contribution in [3.8, 4) is 0 Å². The Balaban J connectivity index is 0.00000200. The summed E-state index contributed by atoms with van der Waals surface area (Å²) >= 11 is 1.71. The van der Waals surface area contributed by atoms with E-state index in [1.54, 1.807) is 11.3 Å². The highest BCUT2D eigenvalue weighted by Gasteiger charge is 2.36. The first-order chi connectivity index (χ1) is 9.22. The second-order valence-electron chi connectivity index (χ2n) is 5.14. The Labute approximate surface area is 142 Å². The molecule has 1 aliphatic carbocycles. The van der Waals surface area contributed by atoms with Gasteiger partial charge in [-0.1, -0.05) is 13.3 Å². The van der Waals surface area contributed by atoms with E-state index in [-0.39, 0.29) is 24.0 Å². The van der Waals surface area contributed by atoms with Crippen LogP contribution in [0.15, 0.2) is 10.4 Å². The van der Waals surface area contributed by atoms with Crippen molar-refractivity contribution < 1.29 is 0 Å². The minimum absolute atomic E-state index is 0. The first-order valence-corrected chi connectivity index (χ1v) is 7.99. The summed E-state index contributed by atoms with van der Waals surface area (Å²) in [7, 11) is 1.83. The van der Waals surface area contributed by atoms with Crippen LogP contribution >= 0.6 is 35.3 Å². The van der Waals surface area contributed by atoms with Gasteiger partial charge in [0.2, 0.25) is 0 Å². The number of nitrogens with zero attached hydrogens (tertiary/aromatic N) is 2. The number of thiazole rings is 1. The fourth-order valence-corrected chi connectivity index (χ4v) is 2.96. The molecule has 2 rings (SSSR count). The van der Waals surface area contributed by atoms with Gasteiger partial charge in [0, 0.05) is 31.4 Å². The van der Waals surface area contributed by atoms with Gasteiger partial charge in [-0.05, 0) is 25.7 Å². The summed E-state index contributed by atoms with van der Waals surface area (Å²) in [4.78, 5) is 8.74. The van der Waals surface area contributed by atoms with Crippen LogP contribution in [0.25, 0.3) is 0 Å². The van der Waals surface area contributed by atoms with Crippen LogP contribution in [0.4, 0.5) is 0 Å².